The Kier molecular flexibility index (Phi) is 4.81. The first-order valence-electron chi connectivity index (χ1n) is 6.83. The van der Waals surface area contributed by atoms with Crippen molar-refractivity contribution < 1.29 is 13.6 Å². The number of aromatic nitrogens is 3. The van der Waals surface area contributed by atoms with Crippen LogP contribution in [0.1, 0.15) is 5.69 Å². The van der Waals surface area contributed by atoms with Crippen LogP contribution in [-0.2, 0) is 4.79 Å². The maximum Gasteiger partial charge on any atom is 0.234 e. The van der Waals surface area contributed by atoms with Crippen LogP contribution in [0.25, 0.3) is 11.2 Å². The quantitative estimate of drug-likeness (QED) is 0.634. The van der Waals surface area contributed by atoms with Gasteiger partial charge in [-0.15, -0.1) is 0 Å². The zero-order valence-electron chi connectivity index (χ0n) is 12.4. The van der Waals surface area contributed by atoms with Crippen LogP contribution in [0, 0.1) is 18.6 Å². The molecule has 0 bridgehead atoms. The Labute approximate surface area is 148 Å². The molecule has 24 heavy (non-hydrogen) atoms. The van der Waals surface area contributed by atoms with E-state index >= 15 is 0 Å². The van der Waals surface area contributed by atoms with Gasteiger partial charge in [-0.25, -0.2) is 18.7 Å². The molecule has 3 rings (SSSR count). The van der Waals surface area contributed by atoms with Gasteiger partial charge in [0.25, 0.3) is 0 Å². The molecule has 0 aliphatic heterocycles. The summed E-state index contributed by atoms with van der Waals surface area (Å²) in [6.07, 6.45) is 0. The summed E-state index contributed by atoms with van der Waals surface area (Å²) < 4.78 is 26.8. The number of nitrogens with zero attached hydrogens (tertiary/aromatic N) is 2. The minimum Gasteiger partial charge on any atom is -0.331 e. The first-order valence-corrected chi connectivity index (χ1v) is 8.61. The summed E-state index contributed by atoms with van der Waals surface area (Å²) in [7, 11) is 0. The van der Waals surface area contributed by atoms with Gasteiger partial charge in [0.15, 0.2) is 22.4 Å². The molecule has 5 nitrogen and oxygen atoms in total. The molecule has 124 valence electrons. The smallest absolute Gasteiger partial charge is 0.234 e. The fourth-order valence-electron chi connectivity index (χ4n) is 1.96. The molecule has 0 radical (unpaired) electrons. The highest BCUT2D eigenvalue weighted by atomic mass is 79.9. The van der Waals surface area contributed by atoms with Gasteiger partial charge in [-0.05, 0) is 41.1 Å². The van der Waals surface area contributed by atoms with Crippen LogP contribution in [0.5, 0.6) is 0 Å². The zero-order valence-corrected chi connectivity index (χ0v) is 14.8. The van der Waals surface area contributed by atoms with Crippen molar-refractivity contribution in [3.8, 4) is 0 Å². The Morgan fingerprint density at radius 3 is 2.83 bits per heavy atom. The van der Waals surface area contributed by atoms with E-state index in [0.29, 0.717) is 10.8 Å². The number of imidazole rings is 1. The first-order chi connectivity index (χ1) is 11.4. The van der Waals surface area contributed by atoms with Crippen molar-refractivity contribution >= 4 is 50.5 Å². The van der Waals surface area contributed by atoms with E-state index in [2.05, 4.69) is 36.2 Å². The van der Waals surface area contributed by atoms with Crippen LogP contribution >= 0.6 is 27.7 Å². The number of anilines is 1. The number of pyridine rings is 1. The number of carbonyl (C=O) groups excluding carboxylic acids is 1. The Morgan fingerprint density at radius 2 is 2.08 bits per heavy atom. The monoisotopic (exact) mass is 412 g/mol. The van der Waals surface area contributed by atoms with Crippen molar-refractivity contribution in [2.24, 2.45) is 0 Å². The van der Waals surface area contributed by atoms with Crippen molar-refractivity contribution in [2.75, 3.05) is 11.1 Å². The highest BCUT2D eigenvalue weighted by molar-refractivity contribution is 9.10. The fraction of sp³-hybridized carbons (Fsp3) is 0.133. The van der Waals surface area contributed by atoms with E-state index in [0.717, 1.165) is 27.8 Å². The lowest BCUT2D eigenvalue weighted by Gasteiger charge is -2.04. The van der Waals surface area contributed by atoms with Gasteiger partial charge in [-0.1, -0.05) is 11.8 Å². The lowest BCUT2D eigenvalue weighted by Crippen LogP contribution is -2.14. The molecular formula is C15H11BrF2N4OS. The number of aryl methyl sites for hydroxylation is 1. The fourth-order valence-corrected chi connectivity index (χ4v) is 2.95. The zero-order chi connectivity index (χ0) is 17.3. The topological polar surface area (TPSA) is 70.7 Å². The van der Waals surface area contributed by atoms with Gasteiger partial charge in [-0.3, -0.25) is 4.79 Å². The van der Waals surface area contributed by atoms with Crippen LogP contribution in [0.15, 0.2) is 33.9 Å². The number of rotatable bonds is 4. The van der Waals surface area contributed by atoms with E-state index in [1.807, 2.05) is 13.0 Å². The van der Waals surface area contributed by atoms with Gasteiger partial charge >= 0.3 is 0 Å². The summed E-state index contributed by atoms with van der Waals surface area (Å²) in [4.78, 5) is 23.6. The molecule has 0 unspecified atom stereocenters. The van der Waals surface area contributed by atoms with Crippen molar-refractivity contribution in [3.05, 3.63) is 46.1 Å². The third kappa shape index (κ3) is 3.73. The SMILES string of the molecule is Cc1nc2nc(SCC(=O)Nc3ccc(F)c(F)c3)[nH]c2cc1Br. The van der Waals surface area contributed by atoms with Gasteiger partial charge < -0.3 is 10.3 Å². The Bertz CT molecular complexity index is 892. The summed E-state index contributed by atoms with van der Waals surface area (Å²) in [6, 6.07) is 5.06. The number of nitrogens with one attached hydrogen (secondary N) is 2. The number of H-pyrrole nitrogens is 1. The first kappa shape index (κ1) is 16.8. The second kappa shape index (κ2) is 6.86. The summed E-state index contributed by atoms with van der Waals surface area (Å²) in [6.45, 7) is 1.86. The molecule has 1 amide bonds. The molecule has 0 fully saturated rings. The molecule has 0 atom stereocenters. The average Bonchev–Trinajstić information content (AvgIpc) is 2.91. The van der Waals surface area contributed by atoms with Gasteiger partial charge in [0.1, 0.15) is 0 Å². The number of thioether (sulfide) groups is 1. The number of carbonyl (C=O) groups is 1. The lowest BCUT2D eigenvalue weighted by atomic mass is 10.3. The normalized spacial score (nSPS) is 11.0. The molecule has 9 heteroatoms. The molecule has 0 saturated carbocycles. The molecule has 0 spiro atoms. The third-order valence-electron chi connectivity index (χ3n) is 3.12. The molecule has 2 aromatic heterocycles. The highest BCUT2D eigenvalue weighted by Crippen LogP contribution is 2.23. The molecule has 0 aliphatic carbocycles. The lowest BCUT2D eigenvalue weighted by molar-refractivity contribution is -0.113. The number of hydrogen-bond acceptors (Lipinski definition) is 4. The van der Waals surface area contributed by atoms with Crippen LogP contribution in [0.2, 0.25) is 0 Å². The van der Waals surface area contributed by atoms with E-state index < -0.39 is 11.6 Å². The maximum atomic E-state index is 13.1. The van der Waals surface area contributed by atoms with Crippen LogP contribution in [0.4, 0.5) is 14.5 Å². The van der Waals surface area contributed by atoms with E-state index in [4.69, 9.17) is 0 Å². The number of benzene rings is 1. The summed E-state index contributed by atoms with van der Waals surface area (Å²) in [5.74, 6) is -2.25. The minimum absolute atomic E-state index is 0.0684. The number of hydrogen-bond donors (Lipinski definition) is 2. The van der Waals surface area contributed by atoms with Crippen LogP contribution in [-0.4, -0.2) is 26.6 Å². The van der Waals surface area contributed by atoms with Gasteiger partial charge in [0.05, 0.1) is 17.0 Å². The van der Waals surface area contributed by atoms with Crippen LogP contribution < -0.4 is 5.32 Å². The molecule has 1 aromatic carbocycles. The largest absolute Gasteiger partial charge is 0.331 e. The average molecular weight is 413 g/mol. The Hall–Kier alpha value is -2.00. The van der Waals surface area contributed by atoms with Gasteiger partial charge in [0, 0.05) is 16.2 Å². The second-order valence-corrected chi connectivity index (χ2v) is 6.75. The van der Waals surface area contributed by atoms with E-state index in [1.54, 1.807) is 0 Å². The van der Waals surface area contributed by atoms with E-state index in [9.17, 15) is 13.6 Å². The Balaban J connectivity index is 1.64. The standard InChI is InChI=1S/C15H11BrF2N4OS/c1-7-9(16)5-12-14(19-7)22-15(21-12)24-6-13(23)20-8-2-3-10(17)11(18)4-8/h2-5H,6H2,1H3,(H,20,23)(H,19,21,22). The molecule has 2 heterocycles. The summed E-state index contributed by atoms with van der Waals surface area (Å²) in [5.41, 5.74) is 2.35. The van der Waals surface area contributed by atoms with Crippen molar-refractivity contribution in [1.82, 2.24) is 15.0 Å². The van der Waals surface area contributed by atoms with Gasteiger partial charge in [0.2, 0.25) is 5.91 Å². The molecule has 0 aliphatic rings. The third-order valence-corrected chi connectivity index (χ3v) is 4.80. The van der Waals surface area contributed by atoms with Gasteiger partial charge in [-0.2, -0.15) is 0 Å². The molecular weight excluding hydrogens is 402 g/mol. The summed E-state index contributed by atoms with van der Waals surface area (Å²) in [5, 5.41) is 3.05. The number of amides is 1. The molecule has 3 aromatic rings. The molecule has 2 N–H and O–H groups in total. The van der Waals surface area contributed by atoms with Crippen molar-refractivity contribution in [2.45, 2.75) is 12.1 Å². The van der Waals surface area contributed by atoms with E-state index in [-0.39, 0.29) is 17.3 Å². The van der Waals surface area contributed by atoms with Crippen molar-refractivity contribution in [1.29, 1.82) is 0 Å². The minimum atomic E-state index is -1.01. The second-order valence-electron chi connectivity index (χ2n) is 4.93. The predicted octanol–water partition coefficient (Wildman–Crippen LogP) is 4.04. The van der Waals surface area contributed by atoms with E-state index in [1.165, 1.54) is 17.8 Å². The van der Waals surface area contributed by atoms with Crippen LogP contribution in [0.3, 0.4) is 0 Å². The number of fused-ring (bicyclic) bond motifs is 1. The predicted molar refractivity (Wildman–Crippen MR) is 92.0 cm³/mol. The number of aromatic amines is 1. The highest BCUT2D eigenvalue weighted by Gasteiger charge is 2.11. The summed E-state index contributed by atoms with van der Waals surface area (Å²) >= 11 is 4.59. The molecule has 0 saturated heterocycles. The van der Waals surface area contributed by atoms with Crippen molar-refractivity contribution in [3.63, 3.8) is 0 Å². The Morgan fingerprint density at radius 1 is 1.29 bits per heavy atom. The number of halogens is 3. The maximum absolute atomic E-state index is 13.1.